The molecule has 0 fully saturated rings. The van der Waals surface area contributed by atoms with Crippen molar-refractivity contribution >= 4 is 23.4 Å². The maximum absolute atomic E-state index is 13.1. The van der Waals surface area contributed by atoms with Gasteiger partial charge in [0.1, 0.15) is 11.0 Å². The molecule has 0 unspecified atom stereocenters. The maximum atomic E-state index is 13.1. The number of hydrogen-bond donors (Lipinski definition) is 0. The number of rotatable bonds is 6. The second-order valence-electron chi connectivity index (χ2n) is 5.87. The fraction of sp³-hybridized carbons (Fsp3) is 0.389. The number of carbonyl (C=O) groups is 2. The highest BCUT2D eigenvalue weighted by atomic mass is 35.5. The van der Waals surface area contributed by atoms with E-state index >= 15 is 0 Å². The molecule has 1 aromatic heterocycles. The molecule has 26 heavy (non-hydrogen) atoms. The van der Waals surface area contributed by atoms with Crippen molar-refractivity contribution in [3.05, 3.63) is 46.5 Å². The molecule has 1 aromatic carbocycles. The van der Waals surface area contributed by atoms with E-state index in [1.807, 2.05) is 13.8 Å². The van der Waals surface area contributed by atoms with Crippen LogP contribution in [0.15, 0.2) is 24.3 Å². The van der Waals surface area contributed by atoms with Gasteiger partial charge in [-0.1, -0.05) is 11.6 Å². The van der Waals surface area contributed by atoms with Crippen molar-refractivity contribution in [3.8, 4) is 5.69 Å². The van der Waals surface area contributed by atoms with Crippen molar-refractivity contribution in [2.24, 2.45) is 0 Å². The normalized spacial score (nSPS) is 10.7. The number of hydrogen-bond acceptors (Lipinski definition) is 3. The lowest BCUT2D eigenvalue weighted by atomic mass is 10.2. The standard InChI is InChI=1S/C18H22ClFN4O2/c1-5-23(6-2)15(25)11-22(4)18(26)16-12(3)21-24(17(16)19)14-9-7-13(20)8-10-14/h7-10H,5-6,11H2,1-4H3. The van der Waals surface area contributed by atoms with Gasteiger partial charge in [-0.2, -0.15) is 5.10 Å². The van der Waals surface area contributed by atoms with Crippen LogP contribution in [-0.2, 0) is 4.79 Å². The molecule has 8 heteroatoms. The summed E-state index contributed by atoms with van der Waals surface area (Å²) in [6.07, 6.45) is 0. The highest BCUT2D eigenvalue weighted by Crippen LogP contribution is 2.24. The molecule has 2 aromatic rings. The molecular formula is C18H22ClFN4O2. The SMILES string of the molecule is CCN(CC)C(=O)CN(C)C(=O)c1c(C)nn(-c2ccc(F)cc2)c1Cl. The van der Waals surface area contributed by atoms with E-state index < -0.39 is 0 Å². The highest BCUT2D eigenvalue weighted by Gasteiger charge is 2.25. The Morgan fingerprint density at radius 3 is 2.31 bits per heavy atom. The molecule has 0 bridgehead atoms. The van der Waals surface area contributed by atoms with Crippen LogP contribution in [0.1, 0.15) is 29.9 Å². The Kier molecular flexibility index (Phi) is 6.37. The molecule has 140 valence electrons. The Hall–Kier alpha value is -2.41. The molecule has 2 rings (SSSR count). The number of aryl methyl sites for hydroxylation is 1. The molecule has 0 radical (unpaired) electrons. The minimum Gasteiger partial charge on any atom is -0.342 e. The molecular weight excluding hydrogens is 359 g/mol. The van der Waals surface area contributed by atoms with Crippen LogP contribution < -0.4 is 0 Å². The third-order valence-electron chi connectivity index (χ3n) is 4.12. The predicted octanol–water partition coefficient (Wildman–Crippen LogP) is 2.91. The first-order valence-electron chi connectivity index (χ1n) is 8.34. The number of amides is 2. The zero-order valence-corrected chi connectivity index (χ0v) is 16.0. The summed E-state index contributed by atoms with van der Waals surface area (Å²) in [4.78, 5) is 28.0. The van der Waals surface area contributed by atoms with Gasteiger partial charge in [0.15, 0.2) is 0 Å². The van der Waals surface area contributed by atoms with Crippen molar-refractivity contribution in [1.29, 1.82) is 0 Å². The van der Waals surface area contributed by atoms with Crippen LogP contribution in [0.2, 0.25) is 5.15 Å². The second kappa shape index (κ2) is 8.31. The molecule has 0 N–H and O–H groups in total. The molecule has 6 nitrogen and oxygen atoms in total. The lowest BCUT2D eigenvalue weighted by Crippen LogP contribution is -2.41. The summed E-state index contributed by atoms with van der Waals surface area (Å²) >= 11 is 6.36. The number of aromatic nitrogens is 2. The van der Waals surface area contributed by atoms with E-state index in [1.165, 1.54) is 33.8 Å². The second-order valence-corrected chi connectivity index (χ2v) is 6.22. The van der Waals surface area contributed by atoms with E-state index in [2.05, 4.69) is 5.10 Å². The molecule has 0 aliphatic rings. The fourth-order valence-corrected chi connectivity index (χ4v) is 2.99. The van der Waals surface area contributed by atoms with Gasteiger partial charge in [0.2, 0.25) is 5.91 Å². The van der Waals surface area contributed by atoms with Crippen molar-refractivity contribution in [2.75, 3.05) is 26.7 Å². The summed E-state index contributed by atoms with van der Waals surface area (Å²) in [5, 5.41) is 4.41. The highest BCUT2D eigenvalue weighted by molar-refractivity contribution is 6.33. The van der Waals surface area contributed by atoms with Crippen molar-refractivity contribution in [3.63, 3.8) is 0 Å². The van der Waals surface area contributed by atoms with Crippen molar-refractivity contribution in [2.45, 2.75) is 20.8 Å². The van der Waals surface area contributed by atoms with Gasteiger partial charge in [0.25, 0.3) is 5.91 Å². The number of halogens is 2. The van der Waals surface area contributed by atoms with Crippen LogP contribution >= 0.6 is 11.6 Å². The van der Waals surface area contributed by atoms with Crippen molar-refractivity contribution in [1.82, 2.24) is 19.6 Å². The monoisotopic (exact) mass is 380 g/mol. The zero-order chi connectivity index (χ0) is 19.4. The first-order chi connectivity index (χ1) is 12.3. The van der Waals surface area contributed by atoms with Gasteiger partial charge in [-0.25, -0.2) is 9.07 Å². The average Bonchev–Trinajstić information content (AvgIpc) is 2.90. The predicted molar refractivity (Wildman–Crippen MR) is 98.2 cm³/mol. The third-order valence-corrected chi connectivity index (χ3v) is 4.47. The van der Waals surface area contributed by atoms with E-state index in [9.17, 15) is 14.0 Å². The molecule has 0 aliphatic heterocycles. The van der Waals surface area contributed by atoms with Gasteiger partial charge in [-0.15, -0.1) is 0 Å². The summed E-state index contributed by atoms with van der Waals surface area (Å²) in [5.41, 5.74) is 1.21. The van der Waals surface area contributed by atoms with Crippen LogP contribution in [0.25, 0.3) is 5.69 Å². The summed E-state index contributed by atoms with van der Waals surface area (Å²) in [6, 6.07) is 5.63. The van der Waals surface area contributed by atoms with E-state index in [4.69, 9.17) is 11.6 Å². The first-order valence-corrected chi connectivity index (χ1v) is 8.72. The van der Waals surface area contributed by atoms with Gasteiger partial charge < -0.3 is 9.80 Å². The number of carbonyl (C=O) groups excluding carboxylic acids is 2. The number of likely N-dealkylation sites (N-methyl/N-ethyl adjacent to an activating group) is 2. The smallest absolute Gasteiger partial charge is 0.259 e. The minimum atomic E-state index is -0.388. The lowest BCUT2D eigenvalue weighted by molar-refractivity contribution is -0.131. The van der Waals surface area contributed by atoms with Gasteiger partial charge >= 0.3 is 0 Å². The molecule has 0 saturated heterocycles. The van der Waals surface area contributed by atoms with Crippen LogP contribution in [-0.4, -0.2) is 58.1 Å². The molecule has 0 atom stereocenters. The molecule has 0 spiro atoms. The first kappa shape index (κ1) is 19.9. The van der Waals surface area contributed by atoms with Gasteiger partial charge in [0.05, 0.1) is 23.5 Å². The third kappa shape index (κ3) is 4.04. The lowest BCUT2D eigenvalue weighted by Gasteiger charge is -2.23. The molecule has 0 aliphatic carbocycles. The Bertz CT molecular complexity index is 800. The summed E-state index contributed by atoms with van der Waals surface area (Å²) in [7, 11) is 1.55. The van der Waals surface area contributed by atoms with Gasteiger partial charge in [-0.05, 0) is 45.0 Å². The Balaban J connectivity index is 2.26. The van der Waals surface area contributed by atoms with E-state index in [0.29, 0.717) is 24.5 Å². The Morgan fingerprint density at radius 2 is 1.77 bits per heavy atom. The summed E-state index contributed by atoms with van der Waals surface area (Å²) in [6.45, 7) is 6.56. The van der Waals surface area contributed by atoms with Crippen LogP contribution in [0.5, 0.6) is 0 Å². The van der Waals surface area contributed by atoms with E-state index in [-0.39, 0.29) is 34.9 Å². The molecule has 0 saturated carbocycles. The largest absolute Gasteiger partial charge is 0.342 e. The fourth-order valence-electron chi connectivity index (χ4n) is 2.64. The Morgan fingerprint density at radius 1 is 1.19 bits per heavy atom. The maximum Gasteiger partial charge on any atom is 0.259 e. The van der Waals surface area contributed by atoms with E-state index in [0.717, 1.165) is 0 Å². The zero-order valence-electron chi connectivity index (χ0n) is 15.3. The number of benzene rings is 1. The molecule has 1 heterocycles. The summed E-state index contributed by atoms with van der Waals surface area (Å²) < 4.78 is 14.5. The topological polar surface area (TPSA) is 58.4 Å². The average molecular weight is 381 g/mol. The van der Waals surface area contributed by atoms with Crippen molar-refractivity contribution < 1.29 is 14.0 Å². The quantitative estimate of drug-likeness (QED) is 0.774. The number of nitrogens with zero attached hydrogens (tertiary/aromatic N) is 4. The van der Waals surface area contributed by atoms with Crippen LogP contribution in [0.3, 0.4) is 0 Å². The molecule has 2 amide bonds. The van der Waals surface area contributed by atoms with Gasteiger partial charge in [-0.3, -0.25) is 9.59 Å². The Labute approximate surface area is 157 Å². The summed E-state index contributed by atoms with van der Waals surface area (Å²) in [5.74, 6) is -0.897. The van der Waals surface area contributed by atoms with Crippen LogP contribution in [0.4, 0.5) is 4.39 Å². The minimum absolute atomic E-state index is 0.0436. The van der Waals surface area contributed by atoms with Crippen LogP contribution in [0, 0.1) is 12.7 Å². The van der Waals surface area contributed by atoms with Gasteiger partial charge in [0, 0.05) is 20.1 Å². The van der Waals surface area contributed by atoms with E-state index in [1.54, 1.807) is 18.9 Å².